The molecule has 1 saturated heterocycles. The summed E-state index contributed by atoms with van der Waals surface area (Å²) in [5, 5.41) is 8.92. The molecule has 0 radical (unpaired) electrons. The van der Waals surface area contributed by atoms with Crippen LogP contribution in [-0.4, -0.2) is 42.3 Å². The molecule has 0 spiro atoms. The van der Waals surface area contributed by atoms with Gasteiger partial charge in [-0.1, -0.05) is 6.07 Å². The van der Waals surface area contributed by atoms with Gasteiger partial charge in [-0.3, -0.25) is 4.90 Å². The van der Waals surface area contributed by atoms with E-state index in [9.17, 15) is 4.79 Å². The number of carboxylic acid groups (broad SMARTS) is 1. The predicted molar refractivity (Wildman–Crippen MR) is 67.2 cm³/mol. The summed E-state index contributed by atoms with van der Waals surface area (Å²) >= 11 is 3.29. The molecule has 17 heavy (non-hydrogen) atoms. The lowest BCUT2D eigenvalue weighted by Crippen LogP contribution is -2.35. The van der Waals surface area contributed by atoms with Gasteiger partial charge in [0.2, 0.25) is 0 Å². The van der Waals surface area contributed by atoms with E-state index in [4.69, 9.17) is 9.84 Å². The van der Waals surface area contributed by atoms with Crippen molar-refractivity contribution in [3.63, 3.8) is 0 Å². The fourth-order valence-corrected chi connectivity index (χ4v) is 2.44. The van der Waals surface area contributed by atoms with Crippen LogP contribution in [0, 0.1) is 0 Å². The third-order valence-corrected chi connectivity index (χ3v) is 3.43. The Morgan fingerprint density at radius 1 is 1.41 bits per heavy atom. The summed E-state index contributed by atoms with van der Waals surface area (Å²) in [4.78, 5) is 13.2. The second-order valence-corrected chi connectivity index (χ2v) is 4.86. The van der Waals surface area contributed by atoms with Crippen molar-refractivity contribution in [1.82, 2.24) is 4.90 Å². The topological polar surface area (TPSA) is 49.8 Å². The van der Waals surface area contributed by atoms with Gasteiger partial charge in [0.15, 0.2) is 0 Å². The van der Waals surface area contributed by atoms with Crippen molar-refractivity contribution >= 4 is 21.9 Å². The van der Waals surface area contributed by atoms with Gasteiger partial charge in [0.05, 0.1) is 18.8 Å². The van der Waals surface area contributed by atoms with E-state index in [-0.39, 0.29) is 0 Å². The first-order chi connectivity index (χ1) is 8.16. The first-order valence-electron chi connectivity index (χ1n) is 5.48. The minimum Gasteiger partial charge on any atom is -0.478 e. The van der Waals surface area contributed by atoms with Gasteiger partial charge in [-0.15, -0.1) is 0 Å². The molecule has 1 fully saturated rings. The number of hydrogen-bond donors (Lipinski definition) is 1. The lowest BCUT2D eigenvalue weighted by atomic mass is 10.1. The Balaban J connectivity index is 2.06. The van der Waals surface area contributed by atoms with Crippen LogP contribution in [0.4, 0.5) is 0 Å². The Bertz CT molecular complexity index is 416. The number of nitrogens with zero attached hydrogens (tertiary/aromatic N) is 1. The van der Waals surface area contributed by atoms with E-state index in [2.05, 4.69) is 20.8 Å². The molecule has 0 aliphatic carbocycles. The van der Waals surface area contributed by atoms with E-state index in [1.165, 1.54) is 0 Å². The number of rotatable bonds is 3. The van der Waals surface area contributed by atoms with Gasteiger partial charge in [0.25, 0.3) is 0 Å². The molecule has 0 unspecified atom stereocenters. The van der Waals surface area contributed by atoms with E-state index in [0.717, 1.165) is 38.4 Å². The molecule has 1 aliphatic heterocycles. The number of aromatic carboxylic acids is 1. The summed E-state index contributed by atoms with van der Waals surface area (Å²) in [5.74, 6) is -0.908. The molecule has 1 aromatic carbocycles. The SMILES string of the molecule is O=C(O)c1ccc(CN2CCOCC2)cc1Br. The van der Waals surface area contributed by atoms with Crippen molar-refractivity contribution in [2.24, 2.45) is 0 Å². The van der Waals surface area contributed by atoms with Crippen molar-refractivity contribution < 1.29 is 14.6 Å². The lowest BCUT2D eigenvalue weighted by molar-refractivity contribution is 0.0342. The first-order valence-corrected chi connectivity index (χ1v) is 6.28. The average molecular weight is 300 g/mol. The summed E-state index contributed by atoms with van der Waals surface area (Å²) in [6.45, 7) is 4.24. The molecule has 0 aromatic heterocycles. The van der Waals surface area contributed by atoms with Crippen molar-refractivity contribution in [3.8, 4) is 0 Å². The highest BCUT2D eigenvalue weighted by Crippen LogP contribution is 2.20. The van der Waals surface area contributed by atoms with Crippen LogP contribution in [0.15, 0.2) is 22.7 Å². The Labute approximate surface area is 108 Å². The molecule has 0 amide bonds. The van der Waals surface area contributed by atoms with E-state index in [0.29, 0.717) is 10.0 Å². The largest absolute Gasteiger partial charge is 0.478 e. The summed E-state index contributed by atoms with van der Waals surface area (Å²) in [5.41, 5.74) is 1.42. The second-order valence-electron chi connectivity index (χ2n) is 4.01. The summed E-state index contributed by atoms with van der Waals surface area (Å²) in [6.07, 6.45) is 0. The quantitative estimate of drug-likeness (QED) is 0.927. The van der Waals surface area contributed by atoms with Gasteiger partial charge in [0.1, 0.15) is 0 Å². The van der Waals surface area contributed by atoms with Gasteiger partial charge < -0.3 is 9.84 Å². The highest BCUT2D eigenvalue weighted by molar-refractivity contribution is 9.10. The number of carbonyl (C=O) groups is 1. The molecule has 1 N–H and O–H groups in total. The van der Waals surface area contributed by atoms with Crippen LogP contribution < -0.4 is 0 Å². The molecule has 0 bridgehead atoms. The Kier molecular flexibility index (Phi) is 4.15. The van der Waals surface area contributed by atoms with Crippen LogP contribution in [0.2, 0.25) is 0 Å². The summed E-state index contributed by atoms with van der Waals surface area (Å²) < 4.78 is 5.92. The summed E-state index contributed by atoms with van der Waals surface area (Å²) in [6, 6.07) is 5.38. The normalized spacial score (nSPS) is 17.0. The molecule has 92 valence electrons. The maximum absolute atomic E-state index is 10.9. The molecule has 0 atom stereocenters. The number of carboxylic acids is 1. The third kappa shape index (κ3) is 3.28. The van der Waals surface area contributed by atoms with Crippen LogP contribution in [0.5, 0.6) is 0 Å². The van der Waals surface area contributed by atoms with Gasteiger partial charge in [-0.25, -0.2) is 4.79 Å². The Morgan fingerprint density at radius 3 is 2.71 bits per heavy atom. The van der Waals surface area contributed by atoms with Crippen LogP contribution >= 0.6 is 15.9 Å². The number of ether oxygens (including phenoxy) is 1. The first kappa shape index (κ1) is 12.5. The molecule has 4 nitrogen and oxygen atoms in total. The van der Waals surface area contributed by atoms with Crippen LogP contribution in [0.1, 0.15) is 15.9 Å². The van der Waals surface area contributed by atoms with Crippen LogP contribution in [-0.2, 0) is 11.3 Å². The molecule has 2 rings (SSSR count). The zero-order chi connectivity index (χ0) is 12.3. The van der Waals surface area contributed by atoms with Crippen LogP contribution in [0.3, 0.4) is 0 Å². The molecule has 0 saturated carbocycles. The maximum Gasteiger partial charge on any atom is 0.336 e. The molecule has 5 heteroatoms. The van der Waals surface area contributed by atoms with Gasteiger partial charge in [-0.05, 0) is 33.6 Å². The molecular formula is C12H14BrNO3. The van der Waals surface area contributed by atoms with E-state index in [1.807, 2.05) is 12.1 Å². The van der Waals surface area contributed by atoms with Crippen molar-refractivity contribution in [2.45, 2.75) is 6.54 Å². The smallest absolute Gasteiger partial charge is 0.336 e. The third-order valence-electron chi connectivity index (χ3n) is 2.77. The highest BCUT2D eigenvalue weighted by atomic mass is 79.9. The molecule has 1 aliphatic rings. The number of hydrogen-bond acceptors (Lipinski definition) is 3. The minimum atomic E-state index is -0.908. The van der Waals surface area contributed by atoms with Crippen LogP contribution in [0.25, 0.3) is 0 Å². The standard InChI is InChI=1S/C12H14BrNO3/c13-11-7-9(1-2-10(11)12(15)16)8-14-3-5-17-6-4-14/h1-2,7H,3-6,8H2,(H,15,16). The number of morpholine rings is 1. The van der Waals surface area contributed by atoms with Crippen molar-refractivity contribution in [2.75, 3.05) is 26.3 Å². The Hall–Kier alpha value is -0.910. The average Bonchev–Trinajstić information content (AvgIpc) is 2.30. The molecular weight excluding hydrogens is 286 g/mol. The zero-order valence-electron chi connectivity index (χ0n) is 9.36. The number of halogens is 1. The monoisotopic (exact) mass is 299 g/mol. The zero-order valence-corrected chi connectivity index (χ0v) is 10.9. The van der Waals surface area contributed by atoms with E-state index in [1.54, 1.807) is 6.07 Å². The van der Waals surface area contributed by atoms with E-state index < -0.39 is 5.97 Å². The fraction of sp³-hybridized carbons (Fsp3) is 0.417. The predicted octanol–water partition coefficient (Wildman–Crippen LogP) is 1.98. The highest BCUT2D eigenvalue weighted by Gasteiger charge is 2.13. The molecule has 1 heterocycles. The maximum atomic E-state index is 10.9. The second kappa shape index (κ2) is 5.62. The van der Waals surface area contributed by atoms with Crippen molar-refractivity contribution in [1.29, 1.82) is 0 Å². The van der Waals surface area contributed by atoms with Gasteiger partial charge >= 0.3 is 5.97 Å². The summed E-state index contributed by atoms with van der Waals surface area (Å²) in [7, 11) is 0. The van der Waals surface area contributed by atoms with E-state index >= 15 is 0 Å². The lowest BCUT2D eigenvalue weighted by Gasteiger charge is -2.26. The van der Waals surface area contributed by atoms with Gasteiger partial charge in [0, 0.05) is 24.1 Å². The van der Waals surface area contributed by atoms with Gasteiger partial charge in [-0.2, -0.15) is 0 Å². The Morgan fingerprint density at radius 2 is 2.12 bits per heavy atom. The number of benzene rings is 1. The molecule has 1 aromatic rings. The minimum absolute atomic E-state index is 0.302. The fourth-order valence-electron chi connectivity index (χ4n) is 1.85. The van der Waals surface area contributed by atoms with Crippen molar-refractivity contribution in [3.05, 3.63) is 33.8 Å².